The number of hydrogen-bond acceptors (Lipinski definition) is 3. The Balaban J connectivity index is 1.70. The van der Waals surface area contributed by atoms with Gasteiger partial charge in [0, 0.05) is 18.5 Å². The molecule has 0 radical (unpaired) electrons. The Morgan fingerprint density at radius 1 is 1.12 bits per heavy atom. The summed E-state index contributed by atoms with van der Waals surface area (Å²) in [5, 5.41) is 8.19. The monoisotopic (exact) mass is 361 g/mol. The first kappa shape index (κ1) is 16.9. The zero-order valence-electron chi connectivity index (χ0n) is 14.0. The zero-order chi connectivity index (χ0) is 18.1. The van der Waals surface area contributed by atoms with Crippen molar-refractivity contribution in [2.75, 3.05) is 19.7 Å². The Morgan fingerprint density at radius 2 is 2.00 bits per heavy atom. The van der Waals surface area contributed by atoms with E-state index in [0.29, 0.717) is 29.1 Å². The van der Waals surface area contributed by atoms with Gasteiger partial charge < -0.3 is 10.1 Å². The fourth-order valence-corrected chi connectivity index (χ4v) is 3.25. The molecular formula is C19H18F3N3O. The molecule has 0 saturated carbocycles. The van der Waals surface area contributed by atoms with Crippen LogP contribution in [0.25, 0.3) is 16.6 Å². The number of aromatic nitrogens is 2. The number of nitrogens with zero attached hydrogens (tertiary/aromatic N) is 2. The molecule has 0 bridgehead atoms. The van der Waals surface area contributed by atoms with Crippen LogP contribution in [0, 0.1) is 23.4 Å². The fraction of sp³-hybridized carbons (Fsp3) is 0.316. The van der Waals surface area contributed by atoms with E-state index in [-0.39, 0.29) is 5.88 Å². The van der Waals surface area contributed by atoms with E-state index in [1.54, 1.807) is 6.07 Å². The van der Waals surface area contributed by atoms with Crippen LogP contribution in [0.1, 0.15) is 12.8 Å². The average molecular weight is 361 g/mol. The van der Waals surface area contributed by atoms with Crippen molar-refractivity contribution in [2.24, 2.45) is 5.92 Å². The molecule has 1 atom stereocenters. The molecule has 1 aromatic heterocycles. The normalized spacial score (nSPS) is 17.6. The van der Waals surface area contributed by atoms with E-state index in [1.165, 1.54) is 22.9 Å². The van der Waals surface area contributed by atoms with Crippen molar-refractivity contribution < 1.29 is 17.9 Å². The number of fused-ring (bicyclic) bond motifs is 1. The van der Waals surface area contributed by atoms with Crippen LogP contribution < -0.4 is 10.1 Å². The Bertz CT molecular complexity index is 935. The maximum absolute atomic E-state index is 13.7. The number of halogens is 3. The molecule has 136 valence electrons. The van der Waals surface area contributed by atoms with Gasteiger partial charge >= 0.3 is 0 Å². The van der Waals surface area contributed by atoms with Gasteiger partial charge in [-0.15, -0.1) is 5.10 Å². The number of hydrogen-bond donors (Lipinski definition) is 1. The summed E-state index contributed by atoms with van der Waals surface area (Å²) in [6.45, 7) is 2.35. The molecule has 2 heterocycles. The summed E-state index contributed by atoms with van der Waals surface area (Å²) in [6.07, 6.45) is 2.15. The SMILES string of the molecule is Fc1ccc2c(c1)c(OCC1CCCNC1)nn2-c1ccc(F)c(F)c1. The van der Waals surface area contributed by atoms with Gasteiger partial charge in [0.15, 0.2) is 11.6 Å². The summed E-state index contributed by atoms with van der Waals surface area (Å²) in [5.41, 5.74) is 0.906. The minimum Gasteiger partial charge on any atom is -0.476 e. The highest BCUT2D eigenvalue weighted by Gasteiger charge is 2.18. The third kappa shape index (κ3) is 3.26. The lowest BCUT2D eigenvalue weighted by molar-refractivity contribution is 0.213. The standard InChI is InChI=1S/C19H18F3N3O/c20-13-3-6-18-15(8-13)19(26-11-12-2-1-7-23-10-12)24-25(18)14-4-5-16(21)17(22)9-14/h3-6,8-9,12,23H,1-2,7,10-11H2. The van der Waals surface area contributed by atoms with E-state index in [1.807, 2.05) is 0 Å². The first-order valence-corrected chi connectivity index (χ1v) is 8.59. The Morgan fingerprint density at radius 3 is 2.77 bits per heavy atom. The van der Waals surface area contributed by atoms with Crippen LogP contribution in [0.3, 0.4) is 0 Å². The summed E-state index contributed by atoms with van der Waals surface area (Å²) in [5.74, 6) is -1.66. The quantitative estimate of drug-likeness (QED) is 0.768. The molecular weight excluding hydrogens is 343 g/mol. The third-order valence-corrected chi connectivity index (χ3v) is 4.61. The molecule has 1 unspecified atom stereocenters. The van der Waals surface area contributed by atoms with Crippen molar-refractivity contribution in [3.63, 3.8) is 0 Å². The van der Waals surface area contributed by atoms with E-state index in [4.69, 9.17) is 4.74 Å². The van der Waals surface area contributed by atoms with Crippen molar-refractivity contribution >= 4 is 10.9 Å². The van der Waals surface area contributed by atoms with Crippen molar-refractivity contribution in [3.05, 3.63) is 53.8 Å². The van der Waals surface area contributed by atoms with Crippen molar-refractivity contribution in [1.82, 2.24) is 15.1 Å². The van der Waals surface area contributed by atoms with Crippen molar-refractivity contribution in [1.29, 1.82) is 0 Å². The van der Waals surface area contributed by atoms with Crippen LogP contribution in [0.2, 0.25) is 0 Å². The zero-order valence-corrected chi connectivity index (χ0v) is 14.0. The van der Waals surface area contributed by atoms with Gasteiger partial charge in [0.2, 0.25) is 5.88 Å². The van der Waals surface area contributed by atoms with Gasteiger partial charge in [-0.25, -0.2) is 17.9 Å². The molecule has 0 aliphatic carbocycles. The van der Waals surface area contributed by atoms with Crippen LogP contribution in [-0.2, 0) is 0 Å². The van der Waals surface area contributed by atoms with Crippen LogP contribution in [0.15, 0.2) is 36.4 Å². The van der Waals surface area contributed by atoms with Gasteiger partial charge in [0.25, 0.3) is 0 Å². The number of ether oxygens (including phenoxy) is 1. The lowest BCUT2D eigenvalue weighted by Gasteiger charge is -2.22. The maximum atomic E-state index is 13.7. The minimum absolute atomic E-state index is 0.287. The first-order chi connectivity index (χ1) is 12.6. The molecule has 0 amide bonds. The predicted molar refractivity (Wildman–Crippen MR) is 92.0 cm³/mol. The second-order valence-corrected chi connectivity index (χ2v) is 6.50. The van der Waals surface area contributed by atoms with Crippen LogP contribution in [0.4, 0.5) is 13.2 Å². The van der Waals surface area contributed by atoms with Crippen molar-refractivity contribution in [3.8, 4) is 11.6 Å². The van der Waals surface area contributed by atoms with Gasteiger partial charge in [0.1, 0.15) is 5.82 Å². The second kappa shape index (κ2) is 6.99. The molecule has 4 nitrogen and oxygen atoms in total. The minimum atomic E-state index is -0.969. The second-order valence-electron chi connectivity index (χ2n) is 6.50. The highest BCUT2D eigenvalue weighted by atomic mass is 19.2. The molecule has 1 aliphatic rings. The van der Waals surface area contributed by atoms with E-state index in [2.05, 4.69) is 10.4 Å². The highest BCUT2D eigenvalue weighted by molar-refractivity contribution is 5.86. The van der Waals surface area contributed by atoms with Crippen LogP contribution in [-0.4, -0.2) is 29.5 Å². The molecule has 0 spiro atoms. The molecule has 3 aromatic rings. The number of nitrogens with one attached hydrogen (secondary N) is 1. The molecule has 1 fully saturated rings. The Hall–Kier alpha value is -2.54. The third-order valence-electron chi connectivity index (χ3n) is 4.61. The lowest BCUT2D eigenvalue weighted by atomic mass is 10.0. The van der Waals surface area contributed by atoms with E-state index in [0.717, 1.165) is 38.1 Å². The Kier molecular flexibility index (Phi) is 4.55. The van der Waals surface area contributed by atoms with Crippen LogP contribution >= 0.6 is 0 Å². The fourth-order valence-electron chi connectivity index (χ4n) is 3.25. The van der Waals surface area contributed by atoms with Gasteiger partial charge in [-0.1, -0.05) is 0 Å². The molecule has 4 rings (SSSR count). The summed E-state index contributed by atoms with van der Waals surface area (Å²) < 4.78 is 47.9. The largest absolute Gasteiger partial charge is 0.476 e. The van der Waals surface area contributed by atoms with Gasteiger partial charge in [-0.05, 0) is 49.7 Å². The van der Waals surface area contributed by atoms with Gasteiger partial charge in [-0.3, -0.25) is 0 Å². The van der Waals surface area contributed by atoms with Gasteiger partial charge in [0.05, 0.1) is 23.2 Å². The topological polar surface area (TPSA) is 39.1 Å². The van der Waals surface area contributed by atoms with Gasteiger partial charge in [-0.2, -0.15) is 0 Å². The number of rotatable bonds is 4. The number of piperidine rings is 1. The van der Waals surface area contributed by atoms with Crippen LogP contribution in [0.5, 0.6) is 5.88 Å². The summed E-state index contributed by atoms with van der Waals surface area (Å²) in [6, 6.07) is 7.70. The molecule has 2 aromatic carbocycles. The maximum Gasteiger partial charge on any atom is 0.241 e. The number of benzene rings is 2. The molecule has 1 aliphatic heterocycles. The molecule has 26 heavy (non-hydrogen) atoms. The lowest BCUT2D eigenvalue weighted by Crippen LogP contribution is -2.33. The summed E-state index contributed by atoms with van der Waals surface area (Å²) in [4.78, 5) is 0. The van der Waals surface area contributed by atoms with E-state index < -0.39 is 17.5 Å². The van der Waals surface area contributed by atoms with Crippen molar-refractivity contribution in [2.45, 2.75) is 12.8 Å². The summed E-state index contributed by atoms with van der Waals surface area (Å²) in [7, 11) is 0. The highest BCUT2D eigenvalue weighted by Crippen LogP contribution is 2.29. The first-order valence-electron chi connectivity index (χ1n) is 8.59. The molecule has 1 N–H and O–H groups in total. The van der Waals surface area contributed by atoms with E-state index in [9.17, 15) is 13.2 Å². The summed E-state index contributed by atoms with van der Waals surface area (Å²) >= 11 is 0. The van der Waals surface area contributed by atoms with E-state index >= 15 is 0 Å². The molecule has 7 heteroatoms. The average Bonchev–Trinajstić information content (AvgIpc) is 3.01. The molecule has 1 saturated heterocycles. The smallest absolute Gasteiger partial charge is 0.241 e. The Labute approximate surface area is 148 Å². The predicted octanol–water partition coefficient (Wildman–Crippen LogP) is 3.82.